The lowest BCUT2D eigenvalue weighted by Crippen LogP contribution is -2.74. The molecule has 0 fully saturated rings. The number of benzene rings is 4. The molecule has 0 unspecified atom stereocenters. The van der Waals surface area contributed by atoms with Crippen LogP contribution in [0.15, 0.2) is 97.1 Å². The number of halogens is 12. The Hall–Kier alpha value is -5.22. The maximum atomic E-state index is 13.2. The van der Waals surface area contributed by atoms with Gasteiger partial charge < -0.3 is 0 Å². The van der Waals surface area contributed by atoms with Gasteiger partial charge in [0, 0.05) is 22.3 Å². The van der Waals surface area contributed by atoms with Crippen molar-refractivity contribution in [3.05, 3.63) is 119 Å². The van der Waals surface area contributed by atoms with Crippen molar-refractivity contribution >= 4 is 51.1 Å². The van der Waals surface area contributed by atoms with E-state index in [1.54, 1.807) is 0 Å². The molecule has 4 rings (SSSR count). The Morgan fingerprint density at radius 2 is 0.449 bits per heavy atom. The molecule has 4 aromatic rings. The molecule has 49 heavy (non-hydrogen) atoms. The summed E-state index contributed by atoms with van der Waals surface area (Å²) in [5.41, 5.74) is -3.77. The number of carbonyl (C=O) groups is 4. The number of hydrogen-bond donors (Lipinski definition) is 0. The van der Waals surface area contributed by atoms with Gasteiger partial charge in [-0.1, -0.05) is 97.1 Å². The first-order valence-electron chi connectivity index (χ1n) is 13.5. The van der Waals surface area contributed by atoms with Crippen LogP contribution in [0.5, 0.6) is 0 Å². The van der Waals surface area contributed by atoms with Gasteiger partial charge in [-0.25, -0.2) is 0 Å². The van der Waals surface area contributed by atoms with Crippen molar-refractivity contribution in [1.29, 1.82) is 0 Å². The van der Waals surface area contributed by atoms with Gasteiger partial charge in [-0.2, -0.15) is 74.5 Å². The highest BCUT2D eigenvalue weighted by atomic mass is 19.4. The molecule has 0 bridgehead atoms. The van der Waals surface area contributed by atoms with E-state index in [2.05, 4.69) is 0 Å². The van der Waals surface area contributed by atoms with E-state index in [0.717, 1.165) is 97.1 Å². The first-order valence-corrected chi connectivity index (χ1v) is 13.5. The predicted molar refractivity (Wildman–Crippen MR) is 152 cm³/mol. The fourth-order valence-corrected chi connectivity index (χ4v) is 5.50. The summed E-state index contributed by atoms with van der Waals surface area (Å²) in [5.74, 6) is -9.07. The fraction of sp³-hybridized carbons (Fsp3) is 0.125. The summed E-state index contributed by atoms with van der Waals surface area (Å²) in [7, 11) is 0. The molecule has 0 atom stereocenters. The second kappa shape index (κ2) is 12.7. The summed E-state index contributed by atoms with van der Waals surface area (Å²) in [4.78, 5) is 47.6. The topological polar surface area (TPSA) is 68.3 Å². The average Bonchev–Trinajstić information content (AvgIpc) is 3.03. The Kier molecular flexibility index (Phi) is 9.47. The number of alkyl halides is 12. The van der Waals surface area contributed by atoms with Gasteiger partial charge in [0.25, 0.3) is 23.1 Å². The van der Waals surface area contributed by atoms with E-state index >= 15 is 0 Å². The van der Waals surface area contributed by atoms with E-state index in [-0.39, 0.29) is 21.9 Å². The first-order chi connectivity index (χ1) is 22.5. The molecule has 0 aliphatic rings. The van der Waals surface area contributed by atoms with Crippen molar-refractivity contribution in [2.45, 2.75) is 24.7 Å². The van der Waals surface area contributed by atoms with Crippen molar-refractivity contribution < 1.29 is 71.9 Å². The molecule has 0 amide bonds. The first kappa shape index (κ1) is 36.6. The fourth-order valence-electron chi connectivity index (χ4n) is 5.50. The molecule has 4 nitrogen and oxygen atoms in total. The predicted octanol–water partition coefficient (Wildman–Crippen LogP) is 6.04. The number of hydrogen-bond acceptors (Lipinski definition) is 4. The third kappa shape index (κ3) is 7.29. The van der Waals surface area contributed by atoms with E-state index < -0.39 is 76.2 Å². The molecule has 0 aliphatic heterocycles. The van der Waals surface area contributed by atoms with Crippen molar-refractivity contribution in [3.63, 3.8) is 0 Å². The van der Waals surface area contributed by atoms with Crippen molar-refractivity contribution in [3.8, 4) is 0 Å². The highest BCUT2D eigenvalue weighted by molar-refractivity contribution is 7.19. The van der Waals surface area contributed by atoms with Crippen LogP contribution in [0.2, 0.25) is 0 Å². The van der Waals surface area contributed by atoms with E-state index in [9.17, 15) is 71.9 Å². The molecule has 0 radical (unpaired) electrons. The van der Waals surface area contributed by atoms with Gasteiger partial charge in [0.05, 0.1) is 0 Å². The Labute approximate surface area is 267 Å². The largest absolute Gasteiger partial charge is 0.454 e. The number of ketones is 4. The SMILES string of the molecule is O=C(c1ccc([B-](c2ccc(C(=O)C(F)(F)F)cc2)(c2ccc(C(=O)C(F)(F)F)cc2)c2ccc(C(=O)C(F)(F)F)cc2)cc1)C(F)(F)F. The second-order valence-electron chi connectivity index (χ2n) is 10.7. The van der Waals surface area contributed by atoms with Crippen molar-refractivity contribution in [2.24, 2.45) is 0 Å². The Bertz CT molecular complexity index is 1600. The maximum Gasteiger partial charge on any atom is 0.454 e. The van der Waals surface area contributed by atoms with Gasteiger partial charge in [0.1, 0.15) is 6.15 Å². The van der Waals surface area contributed by atoms with Gasteiger partial charge in [0.15, 0.2) is 0 Å². The summed E-state index contributed by atoms with van der Waals surface area (Å²) >= 11 is 0. The molecule has 0 saturated carbocycles. The molecule has 4 aromatic carbocycles. The molecule has 17 heteroatoms. The summed E-state index contributed by atoms with van der Waals surface area (Å²) in [6, 6.07) is 13.7. The molecule has 0 saturated heterocycles. The normalized spacial score (nSPS) is 12.8. The minimum absolute atomic E-state index is 0.0709. The number of Topliss-reactive ketones (excluding diaryl/α,β-unsaturated/α-hetero) is 4. The lowest BCUT2D eigenvalue weighted by molar-refractivity contribution is -0.0888. The Balaban J connectivity index is 2.08. The number of rotatable bonds is 8. The Morgan fingerprint density at radius 1 is 0.306 bits per heavy atom. The third-order valence-electron chi connectivity index (χ3n) is 7.72. The molecule has 0 heterocycles. The lowest BCUT2D eigenvalue weighted by Gasteiger charge is -2.44. The zero-order valence-corrected chi connectivity index (χ0v) is 24.0. The van der Waals surface area contributed by atoms with Gasteiger partial charge in [-0.05, 0) is 0 Å². The van der Waals surface area contributed by atoms with Gasteiger partial charge in [-0.15, -0.1) is 0 Å². The average molecular weight is 703 g/mol. The summed E-state index contributed by atoms with van der Waals surface area (Å²) < 4.78 is 158. The number of carbonyl (C=O) groups excluding carboxylic acids is 4. The minimum Gasteiger partial charge on any atom is -0.284 e. The summed E-state index contributed by atoms with van der Waals surface area (Å²) in [6.45, 7) is 0. The van der Waals surface area contributed by atoms with E-state index in [4.69, 9.17) is 0 Å². The molecule has 0 aromatic heterocycles. The monoisotopic (exact) mass is 703 g/mol. The molecule has 0 aliphatic carbocycles. The molecule has 0 N–H and O–H groups in total. The molecular formula is C32H16BF12O4-. The van der Waals surface area contributed by atoms with E-state index in [1.807, 2.05) is 0 Å². The zero-order valence-electron chi connectivity index (χ0n) is 24.0. The Morgan fingerprint density at radius 3 is 0.571 bits per heavy atom. The van der Waals surface area contributed by atoms with E-state index in [1.165, 1.54) is 0 Å². The standard InChI is InChI=1S/C32H16BF12O4/c34-29(35,36)25(46)17-1-9-21(10-2-17)33(22-11-3-18(4-12-22)26(47)30(37,38)39,23-13-5-19(6-14-23)27(48)31(40,41)42)24-15-7-20(8-16-24)28(49)32(43,44)45/h1-16H/q-1. The second-order valence-corrected chi connectivity index (χ2v) is 10.7. The quantitative estimate of drug-likeness (QED) is 0.128. The third-order valence-corrected chi connectivity index (χ3v) is 7.72. The molecule has 0 spiro atoms. The van der Waals surface area contributed by atoms with Crippen LogP contribution in [0.3, 0.4) is 0 Å². The smallest absolute Gasteiger partial charge is 0.284 e. The zero-order chi connectivity index (χ0) is 36.7. The summed E-state index contributed by atoms with van der Waals surface area (Å²) in [6.07, 6.45) is -24.3. The maximum absolute atomic E-state index is 13.2. The van der Waals surface area contributed by atoms with Gasteiger partial charge in [0.2, 0.25) is 0 Å². The van der Waals surface area contributed by atoms with Crippen LogP contribution in [-0.4, -0.2) is 54.0 Å². The van der Waals surface area contributed by atoms with Crippen LogP contribution in [-0.2, 0) is 0 Å². The van der Waals surface area contributed by atoms with Gasteiger partial charge >= 0.3 is 24.7 Å². The lowest BCUT2D eigenvalue weighted by atomic mass is 9.13. The van der Waals surface area contributed by atoms with Gasteiger partial charge in [-0.3, -0.25) is 19.2 Å². The van der Waals surface area contributed by atoms with E-state index in [0.29, 0.717) is 0 Å². The van der Waals surface area contributed by atoms with Crippen molar-refractivity contribution in [1.82, 2.24) is 0 Å². The van der Waals surface area contributed by atoms with Crippen molar-refractivity contribution in [2.75, 3.05) is 0 Å². The van der Waals surface area contributed by atoms with Crippen LogP contribution in [0.4, 0.5) is 52.7 Å². The van der Waals surface area contributed by atoms with Crippen LogP contribution in [0.1, 0.15) is 41.4 Å². The minimum atomic E-state index is -5.31. The highest BCUT2D eigenvalue weighted by Gasteiger charge is 2.43. The molecule has 256 valence electrons. The van der Waals surface area contributed by atoms with Crippen LogP contribution in [0.25, 0.3) is 0 Å². The highest BCUT2D eigenvalue weighted by Crippen LogP contribution is 2.25. The van der Waals surface area contributed by atoms with Crippen LogP contribution >= 0.6 is 0 Å². The molecular weight excluding hydrogens is 687 g/mol. The summed E-state index contributed by atoms with van der Waals surface area (Å²) in [5, 5.41) is 0. The van der Waals surface area contributed by atoms with Crippen LogP contribution in [0, 0.1) is 0 Å². The van der Waals surface area contributed by atoms with Crippen LogP contribution < -0.4 is 21.9 Å².